The fourth-order valence-corrected chi connectivity index (χ4v) is 2.88. The van der Waals surface area contributed by atoms with Crippen molar-refractivity contribution in [1.82, 2.24) is 4.90 Å². The highest BCUT2D eigenvalue weighted by atomic mass is 16.5. The molecule has 2 rings (SSSR count). The SMILES string of the molecule is CC(O)Cc1ccc(OCCC2CCCCN2C)cc1. The molecule has 1 heterocycles. The molecule has 0 aromatic heterocycles. The fraction of sp³-hybridized carbons (Fsp3) is 0.647. The molecule has 0 spiro atoms. The van der Waals surface area contributed by atoms with Gasteiger partial charge in [0, 0.05) is 6.04 Å². The molecule has 0 saturated carbocycles. The highest BCUT2D eigenvalue weighted by Crippen LogP contribution is 2.19. The number of hydrogen-bond acceptors (Lipinski definition) is 3. The number of aliphatic hydroxyl groups excluding tert-OH is 1. The van der Waals surface area contributed by atoms with E-state index in [2.05, 4.69) is 11.9 Å². The Morgan fingerprint density at radius 2 is 2.05 bits per heavy atom. The first-order chi connectivity index (χ1) is 9.65. The summed E-state index contributed by atoms with van der Waals surface area (Å²) in [5.41, 5.74) is 1.15. The third-order valence-corrected chi connectivity index (χ3v) is 4.10. The maximum Gasteiger partial charge on any atom is 0.119 e. The van der Waals surface area contributed by atoms with Gasteiger partial charge in [-0.25, -0.2) is 0 Å². The summed E-state index contributed by atoms with van der Waals surface area (Å²) in [7, 11) is 2.22. The fourth-order valence-electron chi connectivity index (χ4n) is 2.88. The van der Waals surface area contributed by atoms with Crippen LogP contribution in [0.5, 0.6) is 5.75 Å². The smallest absolute Gasteiger partial charge is 0.119 e. The standard InChI is InChI=1S/C17H27NO2/c1-14(19)13-15-6-8-17(9-7-15)20-12-10-16-5-3-4-11-18(16)2/h6-9,14,16,19H,3-5,10-13H2,1-2H3. The summed E-state index contributed by atoms with van der Waals surface area (Å²) < 4.78 is 5.83. The Hall–Kier alpha value is -1.06. The predicted molar refractivity (Wildman–Crippen MR) is 82.2 cm³/mol. The minimum absolute atomic E-state index is 0.288. The largest absolute Gasteiger partial charge is 0.494 e. The summed E-state index contributed by atoms with van der Waals surface area (Å²) in [6, 6.07) is 8.76. The number of likely N-dealkylation sites (tertiary alicyclic amines) is 1. The lowest BCUT2D eigenvalue weighted by Crippen LogP contribution is -2.37. The van der Waals surface area contributed by atoms with Crippen LogP contribution in [-0.2, 0) is 6.42 Å². The van der Waals surface area contributed by atoms with Crippen molar-refractivity contribution in [3.05, 3.63) is 29.8 Å². The molecule has 1 aliphatic rings. The van der Waals surface area contributed by atoms with Gasteiger partial charge in [0.25, 0.3) is 0 Å². The first-order valence-corrected chi connectivity index (χ1v) is 7.75. The lowest BCUT2D eigenvalue weighted by atomic mass is 10.0. The third-order valence-electron chi connectivity index (χ3n) is 4.10. The molecular formula is C17H27NO2. The van der Waals surface area contributed by atoms with Crippen molar-refractivity contribution in [2.45, 2.75) is 51.2 Å². The highest BCUT2D eigenvalue weighted by Gasteiger charge is 2.18. The van der Waals surface area contributed by atoms with Crippen molar-refractivity contribution >= 4 is 0 Å². The summed E-state index contributed by atoms with van der Waals surface area (Å²) in [5, 5.41) is 9.35. The molecule has 20 heavy (non-hydrogen) atoms. The summed E-state index contributed by atoms with van der Waals surface area (Å²) in [5.74, 6) is 0.929. The van der Waals surface area contributed by atoms with E-state index in [-0.39, 0.29) is 6.10 Å². The monoisotopic (exact) mass is 277 g/mol. The van der Waals surface area contributed by atoms with Gasteiger partial charge < -0.3 is 14.7 Å². The average molecular weight is 277 g/mol. The molecule has 1 fully saturated rings. The van der Waals surface area contributed by atoms with Crippen LogP contribution >= 0.6 is 0 Å². The van der Waals surface area contributed by atoms with Crippen LogP contribution in [0.3, 0.4) is 0 Å². The number of aliphatic hydroxyl groups is 1. The zero-order valence-corrected chi connectivity index (χ0v) is 12.7. The molecule has 3 nitrogen and oxygen atoms in total. The number of hydrogen-bond donors (Lipinski definition) is 1. The van der Waals surface area contributed by atoms with E-state index in [1.807, 2.05) is 31.2 Å². The van der Waals surface area contributed by atoms with Crippen LogP contribution in [0.2, 0.25) is 0 Å². The number of ether oxygens (including phenoxy) is 1. The minimum Gasteiger partial charge on any atom is -0.494 e. The van der Waals surface area contributed by atoms with Gasteiger partial charge in [-0.1, -0.05) is 18.6 Å². The summed E-state index contributed by atoms with van der Waals surface area (Å²) >= 11 is 0. The van der Waals surface area contributed by atoms with Gasteiger partial charge in [0.15, 0.2) is 0 Å². The Morgan fingerprint density at radius 1 is 1.30 bits per heavy atom. The van der Waals surface area contributed by atoms with Gasteiger partial charge in [-0.15, -0.1) is 0 Å². The second kappa shape index (κ2) is 7.65. The van der Waals surface area contributed by atoms with E-state index < -0.39 is 0 Å². The number of benzene rings is 1. The Morgan fingerprint density at radius 3 is 2.70 bits per heavy atom. The van der Waals surface area contributed by atoms with E-state index in [0.29, 0.717) is 12.5 Å². The van der Waals surface area contributed by atoms with Crippen molar-refractivity contribution < 1.29 is 9.84 Å². The molecule has 1 aliphatic heterocycles. The van der Waals surface area contributed by atoms with Crippen LogP contribution in [0, 0.1) is 0 Å². The molecule has 1 aromatic carbocycles. The van der Waals surface area contributed by atoms with E-state index in [4.69, 9.17) is 4.74 Å². The van der Waals surface area contributed by atoms with E-state index in [9.17, 15) is 5.11 Å². The van der Waals surface area contributed by atoms with Gasteiger partial charge in [0.1, 0.15) is 5.75 Å². The van der Waals surface area contributed by atoms with E-state index in [1.54, 1.807) is 0 Å². The summed E-state index contributed by atoms with van der Waals surface area (Å²) in [6.45, 7) is 3.81. The molecule has 0 amide bonds. The molecular weight excluding hydrogens is 250 g/mol. The van der Waals surface area contributed by atoms with Crippen molar-refractivity contribution in [1.29, 1.82) is 0 Å². The average Bonchev–Trinajstić information content (AvgIpc) is 2.42. The predicted octanol–water partition coefficient (Wildman–Crippen LogP) is 2.86. The van der Waals surface area contributed by atoms with Gasteiger partial charge in [-0.2, -0.15) is 0 Å². The van der Waals surface area contributed by atoms with Crippen molar-refractivity contribution in [2.24, 2.45) is 0 Å². The van der Waals surface area contributed by atoms with Crippen LogP contribution in [0.1, 0.15) is 38.2 Å². The molecule has 0 aliphatic carbocycles. The van der Waals surface area contributed by atoms with Gasteiger partial charge in [0.05, 0.1) is 12.7 Å². The zero-order chi connectivity index (χ0) is 14.4. The summed E-state index contributed by atoms with van der Waals surface area (Å²) in [4.78, 5) is 2.46. The Kier molecular flexibility index (Phi) is 5.86. The Labute approximate surface area is 122 Å². The number of nitrogens with zero attached hydrogens (tertiary/aromatic N) is 1. The van der Waals surface area contributed by atoms with Crippen LogP contribution in [0.4, 0.5) is 0 Å². The molecule has 112 valence electrons. The van der Waals surface area contributed by atoms with E-state index >= 15 is 0 Å². The van der Waals surface area contributed by atoms with Gasteiger partial charge in [-0.05, 0) is 63.9 Å². The van der Waals surface area contributed by atoms with Gasteiger partial charge in [0.2, 0.25) is 0 Å². The maximum atomic E-state index is 9.35. The highest BCUT2D eigenvalue weighted by molar-refractivity contribution is 5.27. The molecule has 0 radical (unpaired) electrons. The molecule has 1 N–H and O–H groups in total. The topological polar surface area (TPSA) is 32.7 Å². The molecule has 0 bridgehead atoms. The first-order valence-electron chi connectivity index (χ1n) is 7.75. The zero-order valence-electron chi connectivity index (χ0n) is 12.7. The van der Waals surface area contributed by atoms with Crippen molar-refractivity contribution in [2.75, 3.05) is 20.2 Å². The molecule has 2 unspecified atom stereocenters. The quantitative estimate of drug-likeness (QED) is 0.868. The van der Waals surface area contributed by atoms with Crippen molar-refractivity contribution in [3.8, 4) is 5.75 Å². The van der Waals surface area contributed by atoms with Crippen molar-refractivity contribution in [3.63, 3.8) is 0 Å². The van der Waals surface area contributed by atoms with Gasteiger partial charge >= 0.3 is 0 Å². The van der Waals surface area contributed by atoms with Gasteiger partial charge in [-0.3, -0.25) is 0 Å². The molecule has 3 heteroatoms. The summed E-state index contributed by atoms with van der Waals surface area (Å²) in [6.07, 6.45) is 5.50. The van der Waals surface area contributed by atoms with Crippen LogP contribution < -0.4 is 4.74 Å². The second-order valence-corrected chi connectivity index (χ2v) is 5.96. The van der Waals surface area contributed by atoms with E-state index in [0.717, 1.165) is 24.3 Å². The minimum atomic E-state index is -0.288. The third kappa shape index (κ3) is 4.80. The second-order valence-electron chi connectivity index (χ2n) is 5.96. The van der Waals surface area contributed by atoms with Crippen LogP contribution in [-0.4, -0.2) is 42.4 Å². The van der Waals surface area contributed by atoms with Crippen LogP contribution in [0.25, 0.3) is 0 Å². The molecule has 1 saturated heterocycles. The lowest BCUT2D eigenvalue weighted by molar-refractivity contribution is 0.153. The Balaban J connectivity index is 1.73. The van der Waals surface area contributed by atoms with Crippen LogP contribution in [0.15, 0.2) is 24.3 Å². The van der Waals surface area contributed by atoms with E-state index in [1.165, 1.54) is 25.8 Å². The maximum absolute atomic E-state index is 9.35. The Bertz CT molecular complexity index is 388. The normalized spacial score (nSPS) is 21.6. The molecule has 2 atom stereocenters. The lowest BCUT2D eigenvalue weighted by Gasteiger charge is -2.32. The number of piperidine rings is 1. The molecule has 1 aromatic rings. The number of rotatable bonds is 6. The first kappa shape index (κ1) is 15.3.